The normalized spacial score (nSPS) is 16.7. The molecule has 0 radical (unpaired) electrons. The molecule has 5 heteroatoms. The van der Waals surface area contributed by atoms with Crippen LogP contribution < -0.4 is 9.62 Å². The largest absolute Gasteiger partial charge is 0.375 e. The lowest BCUT2D eigenvalue weighted by Gasteiger charge is -2.36. The number of aryl methyl sites for hydroxylation is 1. The lowest BCUT2D eigenvalue weighted by atomic mass is 10.0. The summed E-state index contributed by atoms with van der Waals surface area (Å²) in [7, 11) is -3.64. The average molecular weight is 364 g/mol. The van der Waals surface area contributed by atoms with E-state index in [1.165, 1.54) is 4.31 Å². The van der Waals surface area contributed by atoms with Crippen molar-refractivity contribution in [3.63, 3.8) is 0 Å². The van der Waals surface area contributed by atoms with Gasteiger partial charge in [0.15, 0.2) is 0 Å². The van der Waals surface area contributed by atoms with Crippen LogP contribution in [0.15, 0.2) is 83.8 Å². The monoisotopic (exact) mass is 364 g/mol. The SMILES string of the molecule is Cc1ccc(S(=O)(=O)N2C[C@H](c3ccccc3)Nc3ccccc32)cc1. The molecule has 3 aromatic rings. The minimum atomic E-state index is -3.64. The number of hydrogen-bond donors (Lipinski definition) is 1. The third-order valence-electron chi connectivity index (χ3n) is 4.66. The van der Waals surface area contributed by atoms with Crippen molar-refractivity contribution >= 4 is 21.4 Å². The Hall–Kier alpha value is -2.79. The number of nitrogens with zero attached hydrogens (tertiary/aromatic N) is 1. The maximum Gasteiger partial charge on any atom is 0.264 e. The van der Waals surface area contributed by atoms with Gasteiger partial charge in [-0.15, -0.1) is 0 Å². The molecular weight excluding hydrogens is 344 g/mol. The van der Waals surface area contributed by atoms with Crippen LogP contribution in [0, 0.1) is 6.92 Å². The summed E-state index contributed by atoms with van der Waals surface area (Å²) in [5.41, 5.74) is 3.60. The Morgan fingerprint density at radius 2 is 1.54 bits per heavy atom. The van der Waals surface area contributed by atoms with Crippen LogP contribution in [-0.2, 0) is 10.0 Å². The molecule has 0 unspecified atom stereocenters. The number of sulfonamides is 1. The lowest BCUT2D eigenvalue weighted by molar-refractivity contribution is 0.585. The summed E-state index contributed by atoms with van der Waals surface area (Å²) in [5, 5.41) is 3.47. The highest BCUT2D eigenvalue weighted by molar-refractivity contribution is 7.92. The second-order valence-corrected chi connectivity index (χ2v) is 8.34. The summed E-state index contributed by atoms with van der Waals surface area (Å²) in [6.45, 7) is 2.29. The first kappa shape index (κ1) is 16.7. The molecule has 1 N–H and O–H groups in total. The van der Waals surface area contributed by atoms with Crippen molar-refractivity contribution in [3.05, 3.63) is 90.0 Å². The van der Waals surface area contributed by atoms with Crippen molar-refractivity contribution in [2.45, 2.75) is 17.9 Å². The highest BCUT2D eigenvalue weighted by Gasteiger charge is 2.33. The predicted molar refractivity (Wildman–Crippen MR) is 105 cm³/mol. The zero-order valence-electron chi connectivity index (χ0n) is 14.5. The van der Waals surface area contributed by atoms with Gasteiger partial charge in [0.2, 0.25) is 0 Å². The van der Waals surface area contributed by atoms with E-state index in [-0.39, 0.29) is 6.04 Å². The Labute approximate surface area is 154 Å². The van der Waals surface area contributed by atoms with E-state index in [1.807, 2.05) is 73.7 Å². The molecule has 1 heterocycles. The predicted octanol–water partition coefficient (Wildman–Crippen LogP) is 4.36. The molecule has 0 bridgehead atoms. The summed E-state index contributed by atoms with van der Waals surface area (Å²) < 4.78 is 28.2. The molecular formula is C21H20N2O2S. The summed E-state index contributed by atoms with van der Waals surface area (Å²) in [4.78, 5) is 0.312. The van der Waals surface area contributed by atoms with E-state index in [2.05, 4.69) is 5.32 Å². The molecule has 0 spiro atoms. The summed E-state index contributed by atoms with van der Waals surface area (Å²) in [5.74, 6) is 0. The van der Waals surface area contributed by atoms with E-state index < -0.39 is 10.0 Å². The van der Waals surface area contributed by atoms with Gasteiger partial charge in [-0.1, -0.05) is 60.2 Å². The highest BCUT2D eigenvalue weighted by Crippen LogP contribution is 2.38. The van der Waals surface area contributed by atoms with Crippen molar-refractivity contribution in [1.82, 2.24) is 0 Å². The third-order valence-corrected chi connectivity index (χ3v) is 6.46. The standard InChI is InChI=1S/C21H20N2O2S/c1-16-11-13-18(14-12-16)26(24,25)23-15-20(17-7-3-2-4-8-17)22-19-9-5-6-10-21(19)23/h2-14,20,22H,15H2,1H3/t20-/m1/s1. The maximum atomic E-state index is 13.3. The van der Waals surface area contributed by atoms with Gasteiger partial charge in [0.1, 0.15) is 0 Å². The average Bonchev–Trinajstić information content (AvgIpc) is 2.68. The Balaban J connectivity index is 1.80. The van der Waals surface area contributed by atoms with E-state index in [9.17, 15) is 8.42 Å². The molecule has 0 aromatic heterocycles. The van der Waals surface area contributed by atoms with Crippen molar-refractivity contribution in [2.24, 2.45) is 0 Å². The molecule has 132 valence electrons. The minimum absolute atomic E-state index is 0.105. The quantitative estimate of drug-likeness (QED) is 0.751. The number of benzene rings is 3. The third kappa shape index (κ3) is 2.95. The van der Waals surface area contributed by atoms with Crippen LogP contribution in [0.4, 0.5) is 11.4 Å². The Morgan fingerprint density at radius 3 is 2.27 bits per heavy atom. The lowest BCUT2D eigenvalue weighted by Crippen LogP contribution is -2.40. The Morgan fingerprint density at radius 1 is 0.885 bits per heavy atom. The summed E-state index contributed by atoms with van der Waals surface area (Å²) in [6.07, 6.45) is 0. The second-order valence-electron chi connectivity index (χ2n) is 6.47. The Kier molecular flexibility index (Phi) is 4.17. The number of hydrogen-bond acceptors (Lipinski definition) is 3. The van der Waals surface area contributed by atoms with Gasteiger partial charge in [0.25, 0.3) is 10.0 Å². The van der Waals surface area contributed by atoms with Gasteiger partial charge >= 0.3 is 0 Å². The zero-order chi connectivity index (χ0) is 18.1. The van der Waals surface area contributed by atoms with Crippen molar-refractivity contribution in [3.8, 4) is 0 Å². The minimum Gasteiger partial charge on any atom is -0.375 e. The van der Waals surface area contributed by atoms with E-state index in [1.54, 1.807) is 12.1 Å². The molecule has 1 aliphatic rings. The van der Waals surface area contributed by atoms with Gasteiger partial charge in [0.05, 0.1) is 28.9 Å². The topological polar surface area (TPSA) is 49.4 Å². The van der Waals surface area contributed by atoms with Crippen LogP contribution in [0.25, 0.3) is 0 Å². The molecule has 0 amide bonds. The molecule has 0 fully saturated rings. The summed E-state index contributed by atoms with van der Waals surface area (Å²) >= 11 is 0. The number of rotatable bonds is 3. The molecule has 0 aliphatic carbocycles. The van der Waals surface area contributed by atoms with Crippen molar-refractivity contribution in [1.29, 1.82) is 0 Å². The van der Waals surface area contributed by atoms with E-state index in [0.717, 1.165) is 16.8 Å². The number of para-hydroxylation sites is 2. The maximum absolute atomic E-state index is 13.3. The number of nitrogens with one attached hydrogen (secondary N) is 1. The molecule has 0 saturated heterocycles. The van der Waals surface area contributed by atoms with Gasteiger partial charge in [-0.3, -0.25) is 4.31 Å². The first-order valence-corrected chi connectivity index (χ1v) is 9.99. The molecule has 26 heavy (non-hydrogen) atoms. The Bertz CT molecular complexity index is 1020. The first-order valence-electron chi connectivity index (χ1n) is 8.55. The molecule has 1 atom stereocenters. The fraction of sp³-hybridized carbons (Fsp3) is 0.143. The van der Waals surface area contributed by atoms with Gasteiger partial charge in [-0.2, -0.15) is 0 Å². The fourth-order valence-electron chi connectivity index (χ4n) is 3.25. The van der Waals surface area contributed by atoms with E-state index >= 15 is 0 Å². The molecule has 4 nitrogen and oxygen atoms in total. The highest BCUT2D eigenvalue weighted by atomic mass is 32.2. The van der Waals surface area contributed by atoms with E-state index in [4.69, 9.17) is 0 Å². The second kappa shape index (κ2) is 6.50. The molecule has 0 saturated carbocycles. The van der Waals surface area contributed by atoms with Crippen LogP contribution in [0.5, 0.6) is 0 Å². The van der Waals surface area contributed by atoms with Gasteiger partial charge in [-0.05, 0) is 36.8 Å². The fourth-order valence-corrected chi connectivity index (χ4v) is 4.75. The van der Waals surface area contributed by atoms with Gasteiger partial charge in [0, 0.05) is 0 Å². The molecule has 1 aliphatic heterocycles. The molecule has 4 rings (SSSR count). The molecule has 3 aromatic carbocycles. The van der Waals surface area contributed by atoms with Crippen LogP contribution in [0.3, 0.4) is 0 Å². The van der Waals surface area contributed by atoms with Crippen LogP contribution >= 0.6 is 0 Å². The van der Waals surface area contributed by atoms with Crippen LogP contribution in [0.2, 0.25) is 0 Å². The van der Waals surface area contributed by atoms with Crippen LogP contribution in [-0.4, -0.2) is 15.0 Å². The van der Waals surface area contributed by atoms with Gasteiger partial charge in [-0.25, -0.2) is 8.42 Å². The zero-order valence-corrected chi connectivity index (χ0v) is 15.3. The number of fused-ring (bicyclic) bond motifs is 1. The van der Waals surface area contributed by atoms with Gasteiger partial charge < -0.3 is 5.32 Å². The summed E-state index contributed by atoms with van der Waals surface area (Å²) in [6, 6.07) is 24.4. The first-order chi connectivity index (χ1) is 12.6. The number of anilines is 2. The van der Waals surface area contributed by atoms with E-state index in [0.29, 0.717) is 17.1 Å². The van der Waals surface area contributed by atoms with Crippen molar-refractivity contribution < 1.29 is 8.42 Å². The van der Waals surface area contributed by atoms with Crippen LogP contribution in [0.1, 0.15) is 17.2 Å². The smallest absolute Gasteiger partial charge is 0.264 e. The van der Waals surface area contributed by atoms with Crippen molar-refractivity contribution in [2.75, 3.05) is 16.2 Å².